The van der Waals surface area contributed by atoms with Gasteiger partial charge in [0.25, 0.3) is 0 Å². The molecule has 1 aliphatic rings. The molecule has 132 valence electrons. The minimum atomic E-state index is -0.925. The highest BCUT2D eigenvalue weighted by atomic mass is 16.6. The van der Waals surface area contributed by atoms with Gasteiger partial charge < -0.3 is 14.7 Å². The van der Waals surface area contributed by atoms with Gasteiger partial charge in [-0.2, -0.15) is 0 Å². The topological polar surface area (TPSA) is 106 Å². The highest BCUT2D eigenvalue weighted by Crippen LogP contribution is 2.37. The van der Waals surface area contributed by atoms with Crippen LogP contribution >= 0.6 is 0 Å². The SMILES string of the molecule is COc1ccccc1[C@@H]1CN(C(=O)Cc2nonc2C)C[C@H]1C(=O)O. The quantitative estimate of drug-likeness (QED) is 0.869. The Morgan fingerprint density at radius 2 is 2.08 bits per heavy atom. The summed E-state index contributed by atoms with van der Waals surface area (Å²) in [6.45, 7) is 2.18. The van der Waals surface area contributed by atoms with Gasteiger partial charge in [0, 0.05) is 19.0 Å². The number of amides is 1. The molecule has 8 heteroatoms. The molecule has 0 aliphatic carbocycles. The van der Waals surface area contributed by atoms with Crippen LogP contribution in [0.2, 0.25) is 0 Å². The van der Waals surface area contributed by atoms with Crippen molar-refractivity contribution in [1.82, 2.24) is 15.2 Å². The van der Waals surface area contributed by atoms with Crippen molar-refractivity contribution in [3.05, 3.63) is 41.2 Å². The molecule has 0 saturated carbocycles. The van der Waals surface area contributed by atoms with Gasteiger partial charge in [0.05, 0.1) is 19.4 Å². The fourth-order valence-electron chi connectivity index (χ4n) is 3.21. The van der Waals surface area contributed by atoms with Crippen molar-refractivity contribution >= 4 is 11.9 Å². The zero-order chi connectivity index (χ0) is 18.0. The Morgan fingerprint density at radius 1 is 1.32 bits per heavy atom. The Hall–Kier alpha value is -2.90. The van der Waals surface area contributed by atoms with Gasteiger partial charge in [-0.15, -0.1) is 0 Å². The van der Waals surface area contributed by atoms with Gasteiger partial charge in [-0.05, 0) is 18.6 Å². The second-order valence-corrected chi connectivity index (χ2v) is 6.07. The summed E-state index contributed by atoms with van der Waals surface area (Å²) in [4.78, 5) is 25.8. The number of aliphatic carboxylic acids is 1. The van der Waals surface area contributed by atoms with E-state index in [1.807, 2.05) is 18.2 Å². The maximum Gasteiger partial charge on any atom is 0.308 e. The summed E-state index contributed by atoms with van der Waals surface area (Å²) in [5.41, 5.74) is 1.83. The maximum atomic E-state index is 12.6. The summed E-state index contributed by atoms with van der Waals surface area (Å²) < 4.78 is 9.96. The van der Waals surface area contributed by atoms with Crippen LogP contribution in [-0.4, -0.2) is 52.4 Å². The number of carbonyl (C=O) groups excluding carboxylic acids is 1. The molecule has 0 bridgehead atoms. The van der Waals surface area contributed by atoms with Crippen molar-refractivity contribution < 1.29 is 24.1 Å². The molecule has 8 nitrogen and oxygen atoms in total. The van der Waals surface area contributed by atoms with E-state index in [-0.39, 0.29) is 24.8 Å². The first-order chi connectivity index (χ1) is 12.0. The molecular weight excluding hydrogens is 326 g/mol. The predicted molar refractivity (Wildman–Crippen MR) is 86.2 cm³/mol. The summed E-state index contributed by atoms with van der Waals surface area (Å²) in [5, 5.41) is 17.0. The molecule has 1 aromatic carbocycles. The van der Waals surface area contributed by atoms with Crippen molar-refractivity contribution in [1.29, 1.82) is 0 Å². The third kappa shape index (κ3) is 3.33. The van der Waals surface area contributed by atoms with E-state index in [2.05, 4.69) is 14.9 Å². The van der Waals surface area contributed by atoms with Gasteiger partial charge in [0.15, 0.2) is 0 Å². The van der Waals surface area contributed by atoms with Crippen LogP contribution in [0.4, 0.5) is 0 Å². The fourth-order valence-corrected chi connectivity index (χ4v) is 3.21. The van der Waals surface area contributed by atoms with Gasteiger partial charge in [-0.3, -0.25) is 9.59 Å². The zero-order valence-corrected chi connectivity index (χ0v) is 14.0. The molecule has 1 aliphatic heterocycles. The number of benzene rings is 1. The molecule has 2 aromatic rings. The van der Waals surface area contributed by atoms with E-state index < -0.39 is 11.9 Å². The average Bonchev–Trinajstić information content (AvgIpc) is 3.22. The van der Waals surface area contributed by atoms with Gasteiger partial charge in [0.2, 0.25) is 5.91 Å². The Bertz CT molecular complexity index is 788. The largest absolute Gasteiger partial charge is 0.496 e. The Labute approximate surface area is 144 Å². The molecule has 1 N–H and O–H groups in total. The first kappa shape index (κ1) is 16.9. The molecule has 1 amide bonds. The number of likely N-dealkylation sites (tertiary alicyclic amines) is 1. The summed E-state index contributed by atoms with van der Waals surface area (Å²) in [5.74, 6) is -1.50. The minimum absolute atomic E-state index is 0.0420. The number of carboxylic acid groups (broad SMARTS) is 1. The molecular formula is C17H19N3O5. The number of carbonyl (C=O) groups is 2. The molecule has 2 heterocycles. The molecule has 1 saturated heterocycles. The molecule has 1 fully saturated rings. The fraction of sp³-hybridized carbons (Fsp3) is 0.412. The molecule has 2 atom stereocenters. The molecule has 1 aromatic heterocycles. The second-order valence-electron chi connectivity index (χ2n) is 6.07. The number of hydrogen-bond donors (Lipinski definition) is 1. The number of hydrogen-bond acceptors (Lipinski definition) is 6. The number of rotatable bonds is 5. The lowest BCUT2D eigenvalue weighted by Gasteiger charge is -2.18. The Kier molecular flexibility index (Phi) is 4.69. The van der Waals surface area contributed by atoms with E-state index >= 15 is 0 Å². The van der Waals surface area contributed by atoms with Crippen LogP contribution in [0.5, 0.6) is 5.75 Å². The first-order valence-corrected chi connectivity index (χ1v) is 7.92. The number of nitrogens with zero attached hydrogens (tertiary/aromatic N) is 3. The number of carboxylic acids is 1. The third-order valence-electron chi connectivity index (χ3n) is 4.59. The molecule has 0 unspecified atom stereocenters. The molecule has 0 spiro atoms. The normalized spacial score (nSPS) is 19.8. The summed E-state index contributed by atoms with van der Waals surface area (Å²) in [6.07, 6.45) is 0.0420. The van der Waals surface area contributed by atoms with Crippen LogP contribution < -0.4 is 4.74 Å². The van der Waals surface area contributed by atoms with Crippen molar-refractivity contribution in [2.45, 2.75) is 19.3 Å². The van der Waals surface area contributed by atoms with E-state index in [0.29, 0.717) is 23.7 Å². The van der Waals surface area contributed by atoms with Crippen LogP contribution in [0, 0.1) is 12.8 Å². The monoisotopic (exact) mass is 345 g/mol. The van der Waals surface area contributed by atoms with Crippen LogP contribution in [0.25, 0.3) is 0 Å². The highest BCUT2D eigenvalue weighted by Gasteiger charge is 2.41. The summed E-state index contributed by atoms with van der Waals surface area (Å²) in [6, 6.07) is 7.31. The van der Waals surface area contributed by atoms with Gasteiger partial charge in [-0.1, -0.05) is 28.5 Å². The van der Waals surface area contributed by atoms with Crippen LogP contribution in [0.15, 0.2) is 28.9 Å². The van der Waals surface area contributed by atoms with E-state index in [9.17, 15) is 14.7 Å². The third-order valence-corrected chi connectivity index (χ3v) is 4.59. The molecule has 25 heavy (non-hydrogen) atoms. The van der Waals surface area contributed by atoms with Crippen molar-refractivity contribution in [3.63, 3.8) is 0 Å². The number of ether oxygens (including phenoxy) is 1. The number of aromatic nitrogens is 2. The highest BCUT2D eigenvalue weighted by molar-refractivity contribution is 5.81. The standard InChI is InChI=1S/C17H19N3O5/c1-10-14(19-25-18-10)7-16(21)20-8-12(13(9-20)17(22)23)11-5-3-4-6-15(11)24-2/h3-6,12-13H,7-9H2,1-2H3,(H,22,23)/t12-,13+/m0/s1. The maximum absolute atomic E-state index is 12.6. The average molecular weight is 345 g/mol. The molecule has 0 radical (unpaired) electrons. The lowest BCUT2D eigenvalue weighted by molar-refractivity contribution is -0.141. The number of aryl methyl sites for hydroxylation is 1. The van der Waals surface area contributed by atoms with Gasteiger partial charge in [-0.25, -0.2) is 4.63 Å². The second kappa shape index (κ2) is 6.92. The minimum Gasteiger partial charge on any atom is -0.496 e. The van der Waals surface area contributed by atoms with Crippen LogP contribution in [0.3, 0.4) is 0 Å². The lowest BCUT2D eigenvalue weighted by Crippen LogP contribution is -2.31. The van der Waals surface area contributed by atoms with E-state index in [0.717, 1.165) is 5.56 Å². The summed E-state index contributed by atoms with van der Waals surface area (Å²) in [7, 11) is 1.55. The van der Waals surface area contributed by atoms with Crippen molar-refractivity contribution in [2.24, 2.45) is 5.92 Å². The number of para-hydroxylation sites is 1. The lowest BCUT2D eigenvalue weighted by atomic mass is 9.88. The van der Waals surface area contributed by atoms with Gasteiger partial charge >= 0.3 is 5.97 Å². The molecule has 3 rings (SSSR count). The Morgan fingerprint density at radius 3 is 2.72 bits per heavy atom. The van der Waals surface area contributed by atoms with Crippen LogP contribution in [0.1, 0.15) is 22.9 Å². The van der Waals surface area contributed by atoms with E-state index in [1.54, 1.807) is 25.0 Å². The van der Waals surface area contributed by atoms with Crippen LogP contribution in [-0.2, 0) is 16.0 Å². The van der Waals surface area contributed by atoms with Crippen molar-refractivity contribution in [3.8, 4) is 5.75 Å². The van der Waals surface area contributed by atoms with Gasteiger partial charge in [0.1, 0.15) is 17.1 Å². The smallest absolute Gasteiger partial charge is 0.308 e. The number of methoxy groups -OCH3 is 1. The van der Waals surface area contributed by atoms with E-state index in [4.69, 9.17) is 4.74 Å². The first-order valence-electron chi connectivity index (χ1n) is 7.92. The van der Waals surface area contributed by atoms with E-state index in [1.165, 1.54) is 0 Å². The Balaban J connectivity index is 1.82. The zero-order valence-electron chi connectivity index (χ0n) is 14.0. The summed E-state index contributed by atoms with van der Waals surface area (Å²) >= 11 is 0. The van der Waals surface area contributed by atoms with Crippen molar-refractivity contribution in [2.75, 3.05) is 20.2 Å². The predicted octanol–water partition coefficient (Wildman–Crippen LogP) is 1.26.